The van der Waals surface area contributed by atoms with Crippen LogP contribution in [0.3, 0.4) is 0 Å². The summed E-state index contributed by atoms with van der Waals surface area (Å²) < 4.78 is 47.0. The monoisotopic (exact) mass is 948 g/mol. The number of aromatic hydroxyl groups is 2. The standard InChI is InChI=1S/C64H76F3NO2/c1-35(2)43-11-13-48(52-23-45(60(5,6)7)25-54(58(52)69)62-29-37-15-38(30-62)17-39(16-37)31-62)50(21-43)56-27-47(64(65,66)67)28-57(68-56)51-22-44(36(3)4)12-14-49(51)53-24-46(61(8,9)10)26-55(59(53)70)63-32-40-18-41(33-63)20-42(19-40)34-63/h11-14,21-28,35-42,69-70H,15-20,29-34H2,1-10H3. The molecule has 0 saturated heterocycles. The maximum Gasteiger partial charge on any atom is 0.416 e. The van der Waals surface area contributed by atoms with Crippen LogP contribution in [0.4, 0.5) is 13.2 Å². The summed E-state index contributed by atoms with van der Waals surface area (Å²) >= 11 is 0. The van der Waals surface area contributed by atoms with Gasteiger partial charge in [-0.3, -0.25) is 0 Å². The van der Waals surface area contributed by atoms with Gasteiger partial charge in [-0.2, -0.15) is 13.2 Å². The molecule has 0 radical (unpaired) electrons. The predicted octanol–water partition coefficient (Wildman–Crippen LogP) is 18.0. The fourth-order valence-corrected chi connectivity index (χ4v) is 15.9. The van der Waals surface area contributed by atoms with Crippen molar-refractivity contribution in [2.24, 2.45) is 35.5 Å². The smallest absolute Gasteiger partial charge is 0.416 e. The van der Waals surface area contributed by atoms with E-state index in [4.69, 9.17) is 4.98 Å². The van der Waals surface area contributed by atoms with Crippen LogP contribution in [-0.4, -0.2) is 15.2 Å². The molecule has 0 spiro atoms. The molecule has 0 atom stereocenters. The third-order valence-electron chi connectivity index (χ3n) is 18.9. The zero-order valence-electron chi connectivity index (χ0n) is 43.5. The van der Waals surface area contributed by atoms with Crippen LogP contribution in [0.1, 0.15) is 197 Å². The van der Waals surface area contributed by atoms with E-state index >= 15 is 13.2 Å². The summed E-state index contributed by atoms with van der Waals surface area (Å²) in [6, 6.07) is 23.4. The highest BCUT2D eigenvalue weighted by Gasteiger charge is 2.54. The summed E-state index contributed by atoms with van der Waals surface area (Å²) in [5.41, 5.74) is 8.98. The predicted molar refractivity (Wildman–Crippen MR) is 280 cm³/mol. The van der Waals surface area contributed by atoms with Crippen LogP contribution >= 0.6 is 0 Å². The molecule has 8 bridgehead atoms. The van der Waals surface area contributed by atoms with Crippen molar-refractivity contribution in [3.8, 4) is 56.3 Å². The van der Waals surface area contributed by atoms with E-state index in [2.05, 4.69) is 106 Å². The second-order valence-corrected chi connectivity index (χ2v) is 26.8. The SMILES string of the molecule is CC(C)c1ccc(-c2cc(C(C)(C)C)cc(C34CC5CC(CC(C5)C3)C4)c2O)c(-c2cc(C(F)(F)F)cc(-c3cc(C(C)C)ccc3-c3cc(C(C)(C)C)cc(C45CC6CC(CC(C6)C4)C5)c3O)n2)c1. The van der Waals surface area contributed by atoms with Gasteiger partial charge >= 0.3 is 6.18 Å². The Kier molecular flexibility index (Phi) is 11.2. The minimum Gasteiger partial charge on any atom is -0.507 e. The topological polar surface area (TPSA) is 53.4 Å². The van der Waals surface area contributed by atoms with Crippen molar-refractivity contribution < 1.29 is 23.4 Å². The van der Waals surface area contributed by atoms with Crippen LogP contribution < -0.4 is 0 Å². The molecule has 0 unspecified atom stereocenters. The van der Waals surface area contributed by atoms with Crippen LogP contribution in [0, 0.1) is 35.5 Å². The minimum atomic E-state index is -4.68. The van der Waals surface area contributed by atoms with Crippen molar-refractivity contribution in [1.82, 2.24) is 4.98 Å². The number of hydrogen-bond donors (Lipinski definition) is 2. The Morgan fingerprint density at radius 2 is 0.771 bits per heavy atom. The molecule has 1 aromatic heterocycles. The van der Waals surface area contributed by atoms with Crippen LogP contribution in [0.15, 0.2) is 72.8 Å². The molecule has 2 N–H and O–H groups in total. The fourth-order valence-electron chi connectivity index (χ4n) is 15.9. The number of alkyl halides is 3. The molecule has 0 amide bonds. The summed E-state index contributed by atoms with van der Waals surface area (Å²) in [5.74, 6) is 4.71. The number of phenolic OH excluding ortho intramolecular Hbond substituents is 2. The second-order valence-electron chi connectivity index (χ2n) is 26.8. The third kappa shape index (κ3) is 8.22. The molecule has 370 valence electrons. The van der Waals surface area contributed by atoms with Crippen molar-refractivity contribution in [1.29, 1.82) is 0 Å². The van der Waals surface area contributed by atoms with E-state index in [9.17, 15) is 10.2 Å². The first kappa shape index (κ1) is 47.7. The average molecular weight is 948 g/mol. The number of aromatic nitrogens is 1. The molecule has 8 saturated carbocycles. The van der Waals surface area contributed by atoms with E-state index in [1.807, 2.05) is 24.3 Å². The van der Waals surface area contributed by atoms with E-state index in [0.29, 0.717) is 68.9 Å². The summed E-state index contributed by atoms with van der Waals surface area (Å²) in [6.45, 7) is 21.7. The Morgan fingerprint density at radius 3 is 1.06 bits per heavy atom. The Bertz CT molecular complexity index is 2630. The molecule has 8 fully saturated rings. The van der Waals surface area contributed by atoms with Crippen molar-refractivity contribution in [3.63, 3.8) is 0 Å². The van der Waals surface area contributed by atoms with Gasteiger partial charge in [0.1, 0.15) is 11.5 Å². The van der Waals surface area contributed by atoms with Gasteiger partial charge in [0, 0.05) is 33.4 Å². The van der Waals surface area contributed by atoms with Crippen LogP contribution in [0.2, 0.25) is 0 Å². The normalized spacial score (nSPS) is 28.2. The first-order valence-electron chi connectivity index (χ1n) is 27.0. The lowest BCUT2D eigenvalue weighted by Crippen LogP contribution is -2.48. The van der Waals surface area contributed by atoms with E-state index in [1.165, 1.54) is 50.7 Å². The molecule has 5 aromatic rings. The fraction of sp³-hybridized carbons (Fsp3) is 0.547. The summed E-state index contributed by atoms with van der Waals surface area (Å²) in [5, 5.41) is 25.7. The quantitative estimate of drug-likeness (QED) is 0.163. The number of halogens is 3. The summed E-state index contributed by atoms with van der Waals surface area (Å²) in [4.78, 5) is 5.35. The molecule has 3 nitrogen and oxygen atoms in total. The van der Waals surface area contributed by atoms with Crippen LogP contribution in [0.5, 0.6) is 11.5 Å². The maximum atomic E-state index is 15.7. The number of rotatable bonds is 8. The molecular formula is C64H76F3NO2. The molecule has 1 heterocycles. The average Bonchev–Trinajstić information content (AvgIpc) is 3.26. The summed E-state index contributed by atoms with van der Waals surface area (Å²) in [7, 11) is 0. The number of nitrogens with zero attached hydrogens (tertiary/aromatic N) is 1. The molecule has 0 aliphatic heterocycles. The highest BCUT2D eigenvalue weighted by molar-refractivity contribution is 5.90. The van der Waals surface area contributed by atoms with E-state index < -0.39 is 11.7 Å². The van der Waals surface area contributed by atoms with Gasteiger partial charge in [0.15, 0.2) is 0 Å². The molecule has 6 heteroatoms. The van der Waals surface area contributed by atoms with E-state index in [1.54, 1.807) is 0 Å². The van der Waals surface area contributed by atoms with Crippen LogP contribution in [-0.2, 0) is 27.8 Å². The van der Waals surface area contributed by atoms with Gasteiger partial charge in [0.25, 0.3) is 0 Å². The lowest BCUT2D eigenvalue weighted by atomic mass is 9.47. The lowest BCUT2D eigenvalue weighted by molar-refractivity contribution is -0.137. The van der Waals surface area contributed by atoms with Crippen LogP contribution in [0.25, 0.3) is 44.8 Å². The molecule has 8 aliphatic rings. The van der Waals surface area contributed by atoms with Gasteiger partial charge in [0.05, 0.1) is 17.0 Å². The first-order valence-corrected chi connectivity index (χ1v) is 27.0. The third-order valence-corrected chi connectivity index (χ3v) is 18.9. The second kappa shape index (κ2) is 16.5. The van der Waals surface area contributed by atoms with Gasteiger partial charge in [0.2, 0.25) is 0 Å². The zero-order chi connectivity index (χ0) is 49.6. The Balaban J connectivity index is 1.14. The molecule has 70 heavy (non-hydrogen) atoms. The van der Waals surface area contributed by atoms with E-state index in [0.717, 1.165) is 71.9 Å². The molecular weight excluding hydrogens is 872 g/mol. The van der Waals surface area contributed by atoms with Gasteiger partial charge in [-0.25, -0.2) is 4.98 Å². The van der Waals surface area contributed by atoms with Crippen molar-refractivity contribution in [2.45, 2.75) is 186 Å². The lowest BCUT2D eigenvalue weighted by Gasteiger charge is -2.57. The maximum absolute atomic E-state index is 15.7. The van der Waals surface area contributed by atoms with Crippen molar-refractivity contribution in [3.05, 3.63) is 112 Å². The van der Waals surface area contributed by atoms with Crippen molar-refractivity contribution in [2.75, 3.05) is 0 Å². The highest BCUT2D eigenvalue weighted by atomic mass is 19.4. The Hall–Kier alpha value is -4.58. The van der Waals surface area contributed by atoms with Gasteiger partial charge in [-0.05, 0) is 216 Å². The largest absolute Gasteiger partial charge is 0.507 e. The van der Waals surface area contributed by atoms with Crippen molar-refractivity contribution >= 4 is 0 Å². The van der Waals surface area contributed by atoms with Gasteiger partial charge in [-0.1, -0.05) is 106 Å². The number of pyridine rings is 1. The van der Waals surface area contributed by atoms with Gasteiger partial charge in [-0.15, -0.1) is 0 Å². The Morgan fingerprint density at radius 1 is 0.443 bits per heavy atom. The van der Waals surface area contributed by atoms with Gasteiger partial charge < -0.3 is 10.2 Å². The first-order chi connectivity index (χ1) is 32.9. The number of phenols is 2. The number of benzene rings is 4. The molecule has 4 aromatic carbocycles. The zero-order valence-corrected chi connectivity index (χ0v) is 43.5. The highest BCUT2D eigenvalue weighted by Crippen LogP contribution is 2.65. The van der Waals surface area contributed by atoms with E-state index in [-0.39, 0.29) is 56.4 Å². The Labute approximate surface area is 416 Å². The number of hydrogen-bond acceptors (Lipinski definition) is 3. The minimum absolute atomic E-state index is 0.0886. The summed E-state index contributed by atoms with van der Waals surface area (Å²) in [6.07, 6.45) is 9.46. The molecule has 13 rings (SSSR count). The molecule has 8 aliphatic carbocycles.